The highest BCUT2D eigenvalue weighted by molar-refractivity contribution is 6.31. The highest BCUT2D eigenvalue weighted by atomic mass is 35.5. The fourth-order valence-corrected chi connectivity index (χ4v) is 2.60. The third-order valence-electron chi connectivity index (χ3n) is 3.30. The fraction of sp³-hybridized carbons (Fsp3) is 0.500. The van der Waals surface area contributed by atoms with Gasteiger partial charge in [0.1, 0.15) is 0 Å². The Balaban J connectivity index is 2.45. The molecule has 76 valence electrons. The van der Waals surface area contributed by atoms with Crippen LogP contribution in [0.25, 0.3) is 0 Å². The van der Waals surface area contributed by atoms with E-state index < -0.39 is 0 Å². The SMILES string of the molecule is Cc1c(Cl)cccc1C1(N)CCCC1. The molecule has 0 saturated heterocycles. The molecule has 14 heavy (non-hydrogen) atoms. The first-order chi connectivity index (χ1) is 6.63. The molecule has 1 fully saturated rings. The number of rotatable bonds is 1. The minimum atomic E-state index is -0.116. The Morgan fingerprint density at radius 1 is 1.29 bits per heavy atom. The molecule has 1 aromatic rings. The van der Waals surface area contributed by atoms with Crippen LogP contribution in [0.4, 0.5) is 0 Å². The molecule has 2 N–H and O–H groups in total. The average molecular weight is 210 g/mol. The first-order valence-corrected chi connectivity index (χ1v) is 5.56. The Morgan fingerprint density at radius 2 is 1.93 bits per heavy atom. The van der Waals surface area contributed by atoms with Crippen molar-refractivity contribution in [3.05, 3.63) is 34.3 Å². The van der Waals surface area contributed by atoms with Crippen molar-refractivity contribution in [1.82, 2.24) is 0 Å². The predicted octanol–water partition coefficient (Wildman–Crippen LogP) is 3.38. The number of hydrogen-bond donors (Lipinski definition) is 1. The van der Waals surface area contributed by atoms with Crippen LogP contribution in [0.1, 0.15) is 36.8 Å². The first kappa shape index (κ1) is 10.0. The van der Waals surface area contributed by atoms with E-state index in [1.165, 1.54) is 18.4 Å². The van der Waals surface area contributed by atoms with Crippen molar-refractivity contribution in [2.75, 3.05) is 0 Å². The van der Waals surface area contributed by atoms with Gasteiger partial charge in [-0.2, -0.15) is 0 Å². The standard InChI is InChI=1S/C12H16ClN/c1-9-10(5-4-6-11(9)13)12(14)7-2-3-8-12/h4-6H,2-3,7-8,14H2,1H3. The molecule has 0 atom stereocenters. The topological polar surface area (TPSA) is 26.0 Å². The van der Waals surface area contributed by atoms with Gasteiger partial charge >= 0.3 is 0 Å². The van der Waals surface area contributed by atoms with Gasteiger partial charge in [-0.1, -0.05) is 36.6 Å². The molecule has 2 heteroatoms. The Hall–Kier alpha value is -0.530. The quantitative estimate of drug-likeness (QED) is 0.754. The number of nitrogens with two attached hydrogens (primary N) is 1. The van der Waals surface area contributed by atoms with E-state index in [9.17, 15) is 0 Å². The van der Waals surface area contributed by atoms with Crippen molar-refractivity contribution < 1.29 is 0 Å². The molecular formula is C12H16ClN. The summed E-state index contributed by atoms with van der Waals surface area (Å²) < 4.78 is 0. The number of hydrogen-bond acceptors (Lipinski definition) is 1. The first-order valence-electron chi connectivity index (χ1n) is 5.18. The van der Waals surface area contributed by atoms with Crippen LogP contribution >= 0.6 is 11.6 Å². The lowest BCUT2D eigenvalue weighted by Gasteiger charge is -2.26. The highest BCUT2D eigenvalue weighted by Gasteiger charge is 2.32. The molecule has 2 rings (SSSR count). The maximum atomic E-state index is 6.39. The van der Waals surface area contributed by atoms with Crippen molar-refractivity contribution >= 4 is 11.6 Å². The summed E-state index contributed by atoms with van der Waals surface area (Å²) in [6, 6.07) is 6.04. The summed E-state index contributed by atoms with van der Waals surface area (Å²) in [5.41, 5.74) is 8.67. The zero-order valence-electron chi connectivity index (χ0n) is 8.52. The lowest BCUT2D eigenvalue weighted by molar-refractivity contribution is 0.459. The molecule has 1 aliphatic carbocycles. The Bertz CT molecular complexity index is 340. The van der Waals surface area contributed by atoms with Crippen molar-refractivity contribution in [2.24, 2.45) is 5.73 Å². The van der Waals surface area contributed by atoms with Gasteiger partial charge in [0.2, 0.25) is 0 Å². The van der Waals surface area contributed by atoms with E-state index >= 15 is 0 Å². The summed E-state index contributed by atoms with van der Waals surface area (Å²) in [5, 5.41) is 0.833. The Morgan fingerprint density at radius 3 is 2.57 bits per heavy atom. The average Bonchev–Trinajstić information content (AvgIpc) is 2.58. The lowest BCUT2D eigenvalue weighted by atomic mass is 9.86. The molecule has 1 saturated carbocycles. The minimum absolute atomic E-state index is 0.116. The molecule has 0 radical (unpaired) electrons. The molecule has 0 heterocycles. The van der Waals surface area contributed by atoms with E-state index in [1.807, 2.05) is 12.1 Å². The summed E-state index contributed by atoms with van der Waals surface area (Å²) in [6.07, 6.45) is 4.66. The second kappa shape index (κ2) is 3.56. The largest absolute Gasteiger partial charge is 0.321 e. The summed E-state index contributed by atoms with van der Waals surface area (Å²) in [4.78, 5) is 0. The van der Waals surface area contributed by atoms with E-state index in [4.69, 9.17) is 17.3 Å². The van der Waals surface area contributed by atoms with Crippen LogP contribution in [0.5, 0.6) is 0 Å². The van der Waals surface area contributed by atoms with Crippen molar-refractivity contribution in [2.45, 2.75) is 38.1 Å². The molecule has 0 unspecified atom stereocenters. The van der Waals surface area contributed by atoms with Crippen LogP contribution in [0.15, 0.2) is 18.2 Å². The van der Waals surface area contributed by atoms with E-state index in [0.29, 0.717) is 0 Å². The smallest absolute Gasteiger partial charge is 0.0438 e. The van der Waals surface area contributed by atoms with Crippen LogP contribution in [0, 0.1) is 6.92 Å². The van der Waals surface area contributed by atoms with Crippen molar-refractivity contribution in [1.29, 1.82) is 0 Å². The second-order valence-corrected chi connectivity index (χ2v) is 4.68. The molecule has 0 aromatic heterocycles. The van der Waals surface area contributed by atoms with E-state index in [1.54, 1.807) is 0 Å². The molecule has 0 aliphatic heterocycles. The fourth-order valence-electron chi connectivity index (χ4n) is 2.42. The van der Waals surface area contributed by atoms with Crippen LogP contribution in [0.3, 0.4) is 0 Å². The summed E-state index contributed by atoms with van der Waals surface area (Å²) in [6.45, 7) is 2.06. The highest BCUT2D eigenvalue weighted by Crippen LogP contribution is 2.39. The molecule has 1 nitrogen and oxygen atoms in total. The zero-order chi connectivity index (χ0) is 10.2. The van der Waals surface area contributed by atoms with Gasteiger partial charge in [0, 0.05) is 10.6 Å². The summed E-state index contributed by atoms with van der Waals surface area (Å²) in [7, 11) is 0. The third kappa shape index (κ3) is 1.55. The van der Waals surface area contributed by atoms with Crippen molar-refractivity contribution in [3.8, 4) is 0 Å². The van der Waals surface area contributed by atoms with Crippen LogP contribution < -0.4 is 5.73 Å². The van der Waals surface area contributed by atoms with Gasteiger partial charge in [0.05, 0.1) is 0 Å². The summed E-state index contributed by atoms with van der Waals surface area (Å²) in [5.74, 6) is 0. The second-order valence-electron chi connectivity index (χ2n) is 4.28. The normalized spacial score (nSPS) is 19.9. The van der Waals surface area contributed by atoms with Crippen molar-refractivity contribution in [3.63, 3.8) is 0 Å². The molecular weight excluding hydrogens is 194 g/mol. The van der Waals surface area contributed by atoms with E-state index in [2.05, 4.69) is 13.0 Å². The van der Waals surface area contributed by atoms with Gasteiger partial charge in [0.15, 0.2) is 0 Å². The molecule has 0 spiro atoms. The molecule has 1 aliphatic rings. The van der Waals surface area contributed by atoms with Gasteiger partial charge in [-0.15, -0.1) is 0 Å². The monoisotopic (exact) mass is 209 g/mol. The van der Waals surface area contributed by atoms with Gasteiger partial charge in [-0.25, -0.2) is 0 Å². The van der Waals surface area contributed by atoms with E-state index in [-0.39, 0.29) is 5.54 Å². The van der Waals surface area contributed by atoms with Gasteiger partial charge in [0.25, 0.3) is 0 Å². The Kier molecular flexibility index (Phi) is 2.54. The maximum absolute atomic E-state index is 6.39. The van der Waals surface area contributed by atoms with Gasteiger partial charge in [-0.05, 0) is 37.0 Å². The number of halogens is 1. The van der Waals surface area contributed by atoms with Gasteiger partial charge in [-0.3, -0.25) is 0 Å². The Labute approximate surface area is 90.3 Å². The predicted molar refractivity (Wildman–Crippen MR) is 60.5 cm³/mol. The lowest BCUT2D eigenvalue weighted by Crippen LogP contribution is -2.33. The molecule has 0 bridgehead atoms. The third-order valence-corrected chi connectivity index (χ3v) is 3.71. The zero-order valence-corrected chi connectivity index (χ0v) is 9.27. The van der Waals surface area contributed by atoms with Crippen LogP contribution in [-0.4, -0.2) is 0 Å². The maximum Gasteiger partial charge on any atom is 0.0438 e. The minimum Gasteiger partial charge on any atom is -0.321 e. The summed E-state index contributed by atoms with van der Waals surface area (Å²) >= 11 is 6.10. The number of benzene rings is 1. The molecule has 1 aromatic carbocycles. The molecule has 0 amide bonds. The van der Waals surface area contributed by atoms with Crippen LogP contribution in [0.2, 0.25) is 5.02 Å². The van der Waals surface area contributed by atoms with Crippen LogP contribution in [-0.2, 0) is 5.54 Å². The van der Waals surface area contributed by atoms with E-state index in [0.717, 1.165) is 23.4 Å². The van der Waals surface area contributed by atoms with Gasteiger partial charge < -0.3 is 5.73 Å².